The van der Waals surface area contributed by atoms with Gasteiger partial charge in [0.2, 0.25) is 0 Å². The number of carbonyl (C=O) groups excluding carboxylic acids is 1. The van der Waals surface area contributed by atoms with Crippen LogP contribution in [0.5, 0.6) is 0 Å². The standard InChI is InChI=1S/C16H28N4O/c1-4-8-18-10-12-19(13-11-18)16(21)17-7-9-20(14(2)3)15-5-6-15/h1,14-15H,5-13H2,2-3H3,(H,17,21). The van der Waals surface area contributed by atoms with Crippen molar-refractivity contribution in [2.75, 3.05) is 45.8 Å². The van der Waals surface area contributed by atoms with Gasteiger partial charge in [0.1, 0.15) is 0 Å². The largest absolute Gasteiger partial charge is 0.337 e. The third kappa shape index (κ3) is 4.90. The Bertz CT molecular complexity index is 376. The summed E-state index contributed by atoms with van der Waals surface area (Å²) in [4.78, 5) is 18.7. The van der Waals surface area contributed by atoms with Gasteiger partial charge in [-0.1, -0.05) is 5.92 Å². The zero-order chi connectivity index (χ0) is 15.2. The number of piperazine rings is 1. The maximum absolute atomic E-state index is 12.1. The number of terminal acetylenes is 1. The number of amides is 2. The first kappa shape index (κ1) is 16.1. The molecule has 0 spiro atoms. The molecule has 0 aromatic carbocycles. The first-order valence-corrected chi connectivity index (χ1v) is 8.06. The van der Waals surface area contributed by atoms with Crippen LogP contribution in [0.2, 0.25) is 0 Å². The fraction of sp³-hybridized carbons (Fsp3) is 0.812. The van der Waals surface area contributed by atoms with E-state index in [1.807, 2.05) is 4.90 Å². The summed E-state index contributed by atoms with van der Waals surface area (Å²) in [5, 5.41) is 3.05. The molecule has 0 bridgehead atoms. The van der Waals surface area contributed by atoms with Gasteiger partial charge < -0.3 is 10.2 Å². The van der Waals surface area contributed by atoms with Crippen LogP contribution >= 0.6 is 0 Å². The summed E-state index contributed by atoms with van der Waals surface area (Å²) in [5.74, 6) is 2.66. The highest BCUT2D eigenvalue weighted by Crippen LogP contribution is 2.27. The van der Waals surface area contributed by atoms with E-state index >= 15 is 0 Å². The van der Waals surface area contributed by atoms with Crippen molar-refractivity contribution in [3.8, 4) is 12.3 Å². The van der Waals surface area contributed by atoms with Crippen molar-refractivity contribution in [2.45, 2.75) is 38.8 Å². The minimum absolute atomic E-state index is 0.0647. The smallest absolute Gasteiger partial charge is 0.317 e. The van der Waals surface area contributed by atoms with Crippen LogP contribution < -0.4 is 5.32 Å². The zero-order valence-electron chi connectivity index (χ0n) is 13.3. The van der Waals surface area contributed by atoms with Crippen LogP contribution in [-0.2, 0) is 0 Å². The normalized spacial score (nSPS) is 19.9. The maximum Gasteiger partial charge on any atom is 0.317 e. The number of nitrogens with one attached hydrogen (secondary N) is 1. The summed E-state index contributed by atoms with van der Waals surface area (Å²) >= 11 is 0. The fourth-order valence-electron chi connectivity index (χ4n) is 2.91. The predicted molar refractivity (Wildman–Crippen MR) is 85.1 cm³/mol. The number of urea groups is 1. The molecule has 2 aliphatic rings. The third-order valence-electron chi connectivity index (χ3n) is 4.30. The molecule has 2 fully saturated rings. The summed E-state index contributed by atoms with van der Waals surface area (Å²) in [6, 6.07) is 1.37. The Hall–Kier alpha value is -1.25. The van der Waals surface area contributed by atoms with E-state index in [0.717, 1.165) is 45.3 Å². The van der Waals surface area contributed by atoms with E-state index in [4.69, 9.17) is 6.42 Å². The molecule has 1 heterocycles. The Kier molecular flexibility index (Phi) is 5.89. The van der Waals surface area contributed by atoms with E-state index in [0.29, 0.717) is 12.6 Å². The van der Waals surface area contributed by atoms with Crippen molar-refractivity contribution >= 4 is 6.03 Å². The number of rotatable bonds is 6. The summed E-state index contributed by atoms with van der Waals surface area (Å²) in [6.45, 7) is 10.1. The van der Waals surface area contributed by atoms with Gasteiger partial charge in [-0.2, -0.15) is 0 Å². The van der Waals surface area contributed by atoms with Gasteiger partial charge in [0.05, 0.1) is 6.54 Å². The lowest BCUT2D eigenvalue weighted by atomic mass is 10.3. The molecule has 2 rings (SSSR count). The van der Waals surface area contributed by atoms with E-state index < -0.39 is 0 Å². The van der Waals surface area contributed by atoms with E-state index in [9.17, 15) is 4.79 Å². The molecule has 5 nitrogen and oxygen atoms in total. The van der Waals surface area contributed by atoms with Crippen molar-refractivity contribution in [1.82, 2.24) is 20.0 Å². The highest BCUT2D eigenvalue weighted by atomic mass is 16.2. The molecular weight excluding hydrogens is 264 g/mol. The second-order valence-electron chi connectivity index (χ2n) is 6.26. The number of carbonyl (C=O) groups is 1. The Morgan fingerprint density at radius 2 is 2.00 bits per heavy atom. The second kappa shape index (κ2) is 7.67. The molecule has 1 saturated carbocycles. The lowest BCUT2D eigenvalue weighted by Gasteiger charge is -2.34. The van der Waals surface area contributed by atoms with Gasteiger partial charge in [-0.15, -0.1) is 6.42 Å². The lowest BCUT2D eigenvalue weighted by Crippen LogP contribution is -2.52. The topological polar surface area (TPSA) is 38.8 Å². The quantitative estimate of drug-likeness (QED) is 0.737. The summed E-state index contributed by atoms with van der Waals surface area (Å²) < 4.78 is 0. The summed E-state index contributed by atoms with van der Waals surface area (Å²) in [7, 11) is 0. The number of nitrogens with zero attached hydrogens (tertiary/aromatic N) is 3. The average molecular weight is 292 g/mol. The molecule has 0 aromatic rings. The highest BCUT2D eigenvalue weighted by molar-refractivity contribution is 5.74. The van der Waals surface area contributed by atoms with Crippen molar-refractivity contribution < 1.29 is 4.79 Å². The number of hydrogen-bond acceptors (Lipinski definition) is 3. The second-order valence-corrected chi connectivity index (χ2v) is 6.26. The molecule has 1 N–H and O–H groups in total. The van der Waals surface area contributed by atoms with Crippen molar-refractivity contribution in [3.05, 3.63) is 0 Å². The molecule has 118 valence electrons. The molecule has 0 atom stereocenters. The van der Waals surface area contributed by atoms with Crippen LogP contribution in [0.4, 0.5) is 4.79 Å². The molecule has 1 saturated heterocycles. The first-order valence-electron chi connectivity index (χ1n) is 8.06. The van der Waals surface area contributed by atoms with Gasteiger partial charge in [-0.05, 0) is 26.7 Å². The van der Waals surface area contributed by atoms with E-state index in [2.05, 4.69) is 34.9 Å². The van der Waals surface area contributed by atoms with E-state index in [1.165, 1.54) is 12.8 Å². The third-order valence-corrected chi connectivity index (χ3v) is 4.30. The van der Waals surface area contributed by atoms with Gasteiger partial charge in [0.25, 0.3) is 0 Å². The Morgan fingerprint density at radius 1 is 1.33 bits per heavy atom. The van der Waals surface area contributed by atoms with Gasteiger partial charge in [-0.25, -0.2) is 4.79 Å². The summed E-state index contributed by atoms with van der Waals surface area (Å²) in [6.07, 6.45) is 7.93. The first-order chi connectivity index (χ1) is 10.1. The SMILES string of the molecule is C#CCN1CCN(C(=O)NCCN(C(C)C)C2CC2)CC1. The van der Waals surface area contributed by atoms with Crippen molar-refractivity contribution in [1.29, 1.82) is 0 Å². The van der Waals surface area contributed by atoms with Crippen molar-refractivity contribution in [3.63, 3.8) is 0 Å². The zero-order valence-corrected chi connectivity index (χ0v) is 13.3. The van der Waals surface area contributed by atoms with Gasteiger partial charge in [-0.3, -0.25) is 9.80 Å². The van der Waals surface area contributed by atoms with Crippen LogP contribution in [0, 0.1) is 12.3 Å². The molecule has 1 aliphatic heterocycles. The molecular formula is C16H28N4O. The predicted octanol–water partition coefficient (Wildman–Crippen LogP) is 0.820. The molecule has 0 aromatic heterocycles. The van der Waals surface area contributed by atoms with Crippen LogP contribution in [-0.4, -0.2) is 78.6 Å². The van der Waals surface area contributed by atoms with E-state index in [-0.39, 0.29) is 6.03 Å². The Morgan fingerprint density at radius 3 is 2.52 bits per heavy atom. The van der Waals surface area contributed by atoms with Crippen LogP contribution in [0.15, 0.2) is 0 Å². The molecule has 1 aliphatic carbocycles. The molecule has 21 heavy (non-hydrogen) atoms. The van der Waals surface area contributed by atoms with Crippen LogP contribution in [0.1, 0.15) is 26.7 Å². The van der Waals surface area contributed by atoms with Crippen LogP contribution in [0.25, 0.3) is 0 Å². The minimum atomic E-state index is 0.0647. The fourth-order valence-corrected chi connectivity index (χ4v) is 2.91. The highest BCUT2D eigenvalue weighted by Gasteiger charge is 2.30. The van der Waals surface area contributed by atoms with Gasteiger partial charge >= 0.3 is 6.03 Å². The molecule has 0 radical (unpaired) electrons. The van der Waals surface area contributed by atoms with Gasteiger partial charge in [0.15, 0.2) is 0 Å². The molecule has 5 heteroatoms. The Labute approximate surface area is 128 Å². The summed E-state index contributed by atoms with van der Waals surface area (Å²) in [5.41, 5.74) is 0. The minimum Gasteiger partial charge on any atom is -0.337 e. The average Bonchev–Trinajstić information content (AvgIpc) is 3.28. The Balaban J connectivity index is 1.64. The number of hydrogen-bond donors (Lipinski definition) is 1. The molecule has 2 amide bonds. The molecule has 0 unspecified atom stereocenters. The van der Waals surface area contributed by atoms with E-state index in [1.54, 1.807) is 0 Å². The van der Waals surface area contributed by atoms with Gasteiger partial charge in [0, 0.05) is 51.4 Å². The maximum atomic E-state index is 12.1. The monoisotopic (exact) mass is 292 g/mol. The lowest BCUT2D eigenvalue weighted by molar-refractivity contribution is 0.145. The van der Waals surface area contributed by atoms with Crippen LogP contribution in [0.3, 0.4) is 0 Å². The van der Waals surface area contributed by atoms with Crippen molar-refractivity contribution in [2.24, 2.45) is 0 Å².